The van der Waals surface area contributed by atoms with E-state index in [0.717, 1.165) is 75.6 Å². The van der Waals surface area contributed by atoms with E-state index in [1.165, 1.54) is 26.6 Å². The van der Waals surface area contributed by atoms with Crippen LogP contribution < -0.4 is 0 Å². The van der Waals surface area contributed by atoms with Crippen LogP contribution in [0.2, 0.25) is 0 Å². The van der Waals surface area contributed by atoms with Crippen molar-refractivity contribution < 1.29 is 4.42 Å². The highest BCUT2D eigenvalue weighted by Gasteiger charge is 2.24. The van der Waals surface area contributed by atoms with E-state index in [1.54, 1.807) is 11.3 Å². The molecule has 0 N–H and O–H groups in total. The largest absolute Gasteiger partial charge is 0.455 e. The van der Waals surface area contributed by atoms with E-state index in [9.17, 15) is 0 Å². The van der Waals surface area contributed by atoms with Gasteiger partial charge in [0.1, 0.15) is 11.2 Å². The van der Waals surface area contributed by atoms with Gasteiger partial charge in [0.2, 0.25) is 0 Å². The Morgan fingerprint density at radius 2 is 0.982 bits per heavy atom. The van der Waals surface area contributed by atoms with E-state index in [2.05, 4.69) is 146 Å². The summed E-state index contributed by atoms with van der Waals surface area (Å²) in [7, 11) is 0. The van der Waals surface area contributed by atoms with Crippen LogP contribution in [0.3, 0.4) is 0 Å². The number of thiophene rings is 1. The standard InChI is InChI=1S/C51H29N3OS/c1-2-15-31(16-3-1)49-52-50(41-29-40-34-18-10-12-24-42(34)55-47(40)46-39-23-11-13-25-43(39)56-48(41)46)54-51(53-49)45-37-21-8-6-19-35(37)44(36-20-7-9-22-38(36)45)33-27-26-30-14-4-5-17-32(30)28-33/h1-29H. The third kappa shape index (κ3) is 4.68. The number of benzene rings is 9. The van der Waals surface area contributed by atoms with Crippen molar-refractivity contribution in [3.05, 3.63) is 176 Å². The van der Waals surface area contributed by atoms with Crippen LogP contribution in [0.15, 0.2) is 180 Å². The third-order valence-electron chi connectivity index (χ3n) is 11.1. The first-order chi connectivity index (χ1) is 27.8. The predicted molar refractivity (Wildman–Crippen MR) is 234 cm³/mol. The number of fused-ring (bicyclic) bond motifs is 10. The second kappa shape index (κ2) is 12.2. The first kappa shape index (κ1) is 31.2. The molecule has 3 aromatic heterocycles. The van der Waals surface area contributed by atoms with Crippen LogP contribution in [0.25, 0.3) is 120 Å². The normalized spacial score (nSPS) is 11.9. The molecule has 0 aliphatic rings. The molecule has 260 valence electrons. The minimum Gasteiger partial charge on any atom is -0.455 e. The lowest BCUT2D eigenvalue weighted by molar-refractivity contribution is 0.673. The van der Waals surface area contributed by atoms with Crippen molar-refractivity contribution in [1.29, 1.82) is 0 Å². The van der Waals surface area contributed by atoms with Gasteiger partial charge in [-0.1, -0.05) is 152 Å². The summed E-state index contributed by atoms with van der Waals surface area (Å²) in [5.41, 5.74) is 7.01. The molecule has 0 amide bonds. The number of hydrogen-bond donors (Lipinski definition) is 0. The minimum atomic E-state index is 0.628. The van der Waals surface area contributed by atoms with Crippen LogP contribution in [-0.4, -0.2) is 15.0 Å². The van der Waals surface area contributed by atoms with Crippen molar-refractivity contribution in [2.24, 2.45) is 0 Å². The summed E-state index contributed by atoms with van der Waals surface area (Å²) < 4.78 is 8.91. The van der Waals surface area contributed by atoms with E-state index >= 15 is 0 Å². The van der Waals surface area contributed by atoms with Gasteiger partial charge in [0.15, 0.2) is 17.5 Å². The maximum Gasteiger partial charge on any atom is 0.165 e. The van der Waals surface area contributed by atoms with E-state index < -0.39 is 0 Å². The van der Waals surface area contributed by atoms with Gasteiger partial charge in [0.25, 0.3) is 0 Å². The van der Waals surface area contributed by atoms with Crippen molar-refractivity contribution in [3.63, 3.8) is 0 Å². The predicted octanol–water partition coefficient (Wildman–Crippen LogP) is 14.3. The first-order valence-electron chi connectivity index (χ1n) is 18.8. The fourth-order valence-corrected chi connectivity index (χ4v) is 9.79. The molecular formula is C51H29N3OS. The van der Waals surface area contributed by atoms with E-state index in [4.69, 9.17) is 19.4 Å². The zero-order valence-electron chi connectivity index (χ0n) is 29.9. The van der Waals surface area contributed by atoms with E-state index in [1.807, 2.05) is 30.3 Å². The molecule has 4 nitrogen and oxygen atoms in total. The molecule has 0 fully saturated rings. The van der Waals surface area contributed by atoms with Crippen molar-refractivity contribution >= 4 is 85.8 Å². The molecule has 0 unspecified atom stereocenters. The smallest absolute Gasteiger partial charge is 0.165 e. The topological polar surface area (TPSA) is 51.8 Å². The van der Waals surface area contributed by atoms with E-state index in [-0.39, 0.29) is 0 Å². The number of rotatable bonds is 4. The molecule has 12 rings (SSSR count). The van der Waals surface area contributed by atoms with Crippen molar-refractivity contribution in [1.82, 2.24) is 15.0 Å². The number of furan rings is 1. The average molecular weight is 732 g/mol. The molecule has 0 radical (unpaired) electrons. The molecule has 0 bridgehead atoms. The number of para-hydroxylation sites is 1. The molecule has 9 aromatic carbocycles. The second-order valence-electron chi connectivity index (χ2n) is 14.3. The minimum absolute atomic E-state index is 0.628. The fraction of sp³-hybridized carbons (Fsp3) is 0. The maximum atomic E-state index is 6.63. The van der Waals surface area contributed by atoms with Crippen LogP contribution in [-0.2, 0) is 0 Å². The molecule has 0 atom stereocenters. The van der Waals surface area contributed by atoms with E-state index in [0.29, 0.717) is 17.5 Å². The van der Waals surface area contributed by atoms with Crippen LogP contribution in [0.4, 0.5) is 0 Å². The fourth-order valence-electron chi connectivity index (χ4n) is 8.58. The van der Waals surface area contributed by atoms with Gasteiger partial charge in [-0.2, -0.15) is 0 Å². The molecule has 0 aliphatic carbocycles. The van der Waals surface area contributed by atoms with Crippen molar-refractivity contribution in [2.75, 3.05) is 0 Å². The van der Waals surface area contributed by atoms with Crippen LogP contribution in [0.5, 0.6) is 0 Å². The zero-order valence-corrected chi connectivity index (χ0v) is 30.7. The van der Waals surface area contributed by atoms with Gasteiger partial charge in [-0.25, -0.2) is 15.0 Å². The summed E-state index contributed by atoms with van der Waals surface area (Å²) in [5, 5.41) is 11.3. The highest BCUT2D eigenvalue weighted by atomic mass is 32.1. The van der Waals surface area contributed by atoms with Gasteiger partial charge in [-0.05, 0) is 67.7 Å². The molecule has 0 saturated heterocycles. The Morgan fingerprint density at radius 1 is 0.393 bits per heavy atom. The Bertz CT molecular complexity index is 3490. The van der Waals surface area contributed by atoms with Crippen LogP contribution in [0, 0.1) is 0 Å². The lowest BCUT2D eigenvalue weighted by Gasteiger charge is -2.18. The molecule has 56 heavy (non-hydrogen) atoms. The summed E-state index contributed by atoms with van der Waals surface area (Å²) >= 11 is 1.76. The molecule has 12 aromatic rings. The average Bonchev–Trinajstić information content (AvgIpc) is 3.84. The Labute approximate surface area is 325 Å². The monoisotopic (exact) mass is 731 g/mol. The summed E-state index contributed by atoms with van der Waals surface area (Å²) in [4.78, 5) is 16.1. The Balaban J connectivity index is 1.20. The highest BCUT2D eigenvalue weighted by Crippen LogP contribution is 2.48. The third-order valence-corrected chi connectivity index (χ3v) is 12.3. The second-order valence-corrected chi connectivity index (χ2v) is 15.3. The number of aromatic nitrogens is 3. The first-order valence-corrected chi connectivity index (χ1v) is 19.6. The van der Waals surface area contributed by atoms with Crippen LogP contribution >= 0.6 is 11.3 Å². The van der Waals surface area contributed by atoms with Gasteiger partial charge < -0.3 is 4.42 Å². The van der Waals surface area contributed by atoms with Crippen LogP contribution in [0.1, 0.15) is 0 Å². The number of hydrogen-bond acceptors (Lipinski definition) is 5. The SMILES string of the molecule is c1ccc(-c2nc(-c3c4ccccc4c(-c4ccc5ccccc5c4)c4ccccc34)nc(-c3cc4c5ccccc5oc4c4c3sc3ccccc34)n2)cc1. The molecule has 0 spiro atoms. The molecule has 5 heteroatoms. The lowest BCUT2D eigenvalue weighted by atomic mass is 9.87. The maximum absolute atomic E-state index is 6.63. The van der Waals surface area contributed by atoms with Gasteiger partial charge >= 0.3 is 0 Å². The lowest BCUT2D eigenvalue weighted by Crippen LogP contribution is -2.02. The highest BCUT2D eigenvalue weighted by molar-refractivity contribution is 7.26. The zero-order chi connectivity index (χ0) is 36.7. The molecular weight excluding hydrogens is 703 g/mol. The summed E-state index contributed by atoms with van der Waals surface area (Å²) in [6.07, 6.45) is 0. The molecule has 0 saturated carbocycles. The van der Waals surface area contributed by atoms with Crippen molar-refractivity contribution in [2.45, 2.75) is 0 Å². The summed E-state index contributed by atoms with van der Waals surface area (Å²) in [6.45, 7) is 0. The Kier molecular flexibility index (Phi) is 6.76. The Morgan fingerprint density at radius 3 is 1.75 bits per heavy atom. The van der Waals surface area contributed by atoms with Gasteiger partial charge in [0.05, 0.1) is 4.70 Å². The van der Waals surface area contributed by atoms with Gasteiger partial charge in [0, 0.05) is 42.9 Å². The summed E-state index contributed by atoms with van der Waals surface area (Å²) in [5.74, 6) is 1.89. The number of nitrogens with zero attached hydrogens (tertiary/aromatic N) is 3. The van der Waals surface area contributed by atoms with Gasteiger partial charge in [-0.3, -0.25) is 0 Å². The van der Waals surface area contributed by atoms with Crippen molar-refractivity contribution in [3.8, 4) is 45.3 Å². The molecule has 3 heterocycles. The summed E-state index contributed by atoms with van der Waals surface area (Å²) in [6, 6.07) is 62.0. The molecule has 0 aliphatic heterocycles. The Hall–Kier alpha value is -7.21. The quantitative estimate of drug-likeness (QED) is 0.169. The van der Waals surface area contributed by atoms with Gasteiger partial charge in [-0.15, -0.1) is 11.3 Å².